The molecule has 1 saturated carbocycles. The van der Waals surface area contributed by atoms with Crippen LogP contribution in [0, 0.1) is 12.8 Å². The second kappa shape index (κ2) is 8.21. The van der Waals surface area contributed by atoms with Gasteiger partial charge < -0.3 is 9.80 Å². The van der Waals surface area contributed by atoms with E-state index in [0.717, 1.165) is 80.7 Å². The molecule has 0 aromatic carbocycles. The van der Waals surface area contributed by atoms with Gasteiger partial charge in [-0.2, -0.15) is 0 Å². The van der Waals surface area contributed by atoms with Gasteiger partial charge in [-0.1, -0.05) is 11.4 Å². The van der Waals surface area contributed by atoms with E-state index >= 15 is 0 Å². The predicted octanol–water partition coefficient (Wildman–Crippen LogP) is 3.73. The van der Waals surface area contributed by atoms with Crippen LogP contribution in [-0.2, 0) is 12.8 Å². The number of rotatable bonds is 5. The van der Waals surface area contributed by atoms with E-state index in [1.54, 1.807) is 0 Å². The summed E-state index contributed by atoms with van der Waals surface area (Å²) in [5.41, 5.74) is 3.19. The Labute approximate surface area is 182 Å². The van der Waals surface area contributed by atoms with Crippen LogP contribution in [0.1, 0.15) is 83.9 Å². The summed E-state index contributed by atoms with van der Waals surface area (Å²) in [6.45, 7) is 7.07. The number of fused-ring (bicyclic) bond motifs is 1. The lowest BCUT2D eigenvalue weighted by Crippen LogP contribution is -2.40. The van der Waals surface area contributed by atoms with E-state index in [1.165, 1.54) is 36.4 Å². The fraction of sp³-hybridized carbons (Fsp3) is 0.682. The van der Waals surface area contributed by atoms with E-state index < -0.39 is 0 Å². The maximum Gasteiger partial charge on any atom is 0.268 e. The quantitative estimate of drug-likeness (QED) is 0.725. The van der Waals surface area contributed by atoms with E-state index in [-0.39, 0.29) is 11.9 Å². The highest BCUT2D eigenvalue weighted by molar-refractivity contribution is 7.08. The fourth-order valence-corrected chi connectivity index (χ4v) is 5.53. The van der Waals surface area contributed by atoms with E-state index in [0.29, 0.717) is 4.88 Å². The van der Waals surface area contributed by atoms with Crippen LogP contribution in [0.4, 0.5) is 5.82 Å². The Balaban J connectivity index is 1.48. The number of aryl methyl sites for hydroxylation is 2. The summed E-state index contributed by atoms with van der Waals surface area (Å²) in [7, 11) is 0. The number of amides is 1. The second-order valence-electron chi connectivity index (χ2n) is 8.87. The minimum atomic E-state index is -0.0632. The third-order valence-electron chi connectivity index (χ3n) is 6.69. The van der Waals surface area contributed by atoms with Crippen molar-refractivity contribution in [3.05, 3.63) is 27.7 Å². The Kier molecular flexibility index (Phi) is 5.43. The number of hydrogen-bond acceptors (Lipinski definition) is 7. The average Bonchev–Trinajstić information content (AvgIpc) is 3.46. The first-order valence-corrected chi connectivity index (χ1v) is 12.2. The summed E-state index contributed by atoms with van der Waals surface area (Å²) in [6.07, 6.45) is 8.68. The molecule has 8 heteroatoms. The number of hydrogen-bond donors (Lipinski definition) is 0. The van der Waals surface area contributed by atoms with Gasteiger partial charge in [-0.15, -0.1) is 5.10 Å². The second-order valence-corrected chi connectivity index (χ2v) is 9.63. The molecule has 30 heavy (non-hydrogen) atoms. The normalized spacial score (nSPS) is 21.6. The SMILES string of the molecule is CCc1nnsc1C(=O)N1CCCCC1c1nc(C)c2c(n1)N(CC1CC1)CCC2. The maximum atomic E-state index is 13.4. The third-order valence-corrected chi connectivity index (χ3v) is 7.44. The zero-order valence-electron chi connectivity index (χ0n) is 17.9. The van der Waals surface area contributed by atoms with Gasteiger partial charge in [0.2, 0.25) is 0 Å². The molecule has 4 heterocycles. The van der Waals surface area contributed by atoms with Gasteiger partial charge in [0.15, 0.2) is 5.82 Å². The molecule has 0 spiro atoms. The number of carbonyl (C=O) groups excluding carboxylic acids is 1. The summed E-state index contributed by atoms with van der Waals surface area (Å²) in [4.78, 5) is 28.6. The van der Waals surface area contributed by atoms with Gasteiger partial charge in [0, 0.05) is 30.9 Å². The third kappa shape index (κ3) is 3.70. The van der Waals surface area contributed by atoms with Crippen LogP contribution in [0.3, 0.4) is 0 Å². The Hall–Kier alpha value is -2.09. The molecule has 5 rings (SSSR count). The van der Waals surface area contributed by atoms with Crippen molar-refractivity contribution in [1.29, 1.82) is 0 Å². The molecule has 3 aliphatic rings. The molecular weight excluding hydrogens is 396 g/mol. The molecule has 1 atom stereocenters. The highest BCUT2D eigenvalue weighted by Crippen LogP contribution is 2.37. The molecular formula is C22H30N6OS. The first kappa shape index (κ1) is 19.8. The molecule has 0 radical (unpaired) electrons. The van der Waals surface area contributed by atoms with E-state index in [9.17, 15) is 4.79 Å². The molecule has 1 aliphatic carbocycles. The molecule has 0 N–H and O–H groups in total. The molecule has 2 aromatic rings. The number of likely N-dealkylation sites (tertiary alicyclic amines) is 1. The molecule has 1 saturated heterocycles. The monoisotopic (exact) mass is 426 g/mol. The van der Waals surface area contributed by atoms with Gasteiger partial charge in [0.25, 0.3) is 5.91 Å². The van der Waals surface area contributed by atoms with Gasteiger partial charge in [-0.3, -0.25) is 4.79 Å². The first-order chi connectivity index (χ1) is 14.7. The number of piperidine rings is 1. The highest BCUT2D eigenvalue weighted by Gasteiger charge is 2.35. The molecule has 160 valence electrons. The summed E-state index contributed by atoms with van der Waals surface area (Å²) >= 11 is 1.21. The molecule has 1 unspecified atom stereocenters. The summed E-state index contributed by atoms with van der Waals surface area (Å²) < 4.78 is 4.03. The number of anilines is 1. The lowest BCUT2D eigenvalue weighted by Gasteiger charge is -2.36. The van der Waals surface area contributed by atoms with Crippen molar-refractivity contribution >= 4 is 23.3 Å². The minimum absolute atomic E-state index is 0.0420. The van der Waals surface area contributed by atoms with E-state index in [4.69, 9.17) is 9.97 Å². The smallest absolute Gasteiger partial charge is 0.268 e. The van der Waals surface area contributed by atoms with Crippen LogP contribution in [0.15, 0.2) is 0 Å². The van der Waals surface area contributed by atoms with Crippen molar-refractivity contribution in [2.45, 2.75) is 71.3 Å². The van der Waals surface area contributed by atoms with Crippen molar-refractivity contribution in [3.8, 4) is 0 Å². The standard InChI is InChI=1S/C22H30N6OS/c1-3-17-19(30-26-25-17)22(29)28-12-5-4-8-18(28)20-23-14(2)16-7-6-11-27(21(16)24-20)13-15-9-10-15/h15,18H,3-13H2,1-2H3. The summed E-state index contributed by atoms with van der Waals surface area (Å²) in [6, 6.07) is -0.0632. The van der Waals surface area contributed by atoms with Crippen LogP contribution in [0.25, 0.3) is 0 Å². The minimum Gasteiger partial charge on any atom is -0.356 e. The van der Waals surface area contributed by atoms with Crippen molar-refractivity contribution in [2.24, 2.45) is 5.92 Å². The summed E-state index contributed by atoms with van der Waals surface area (Å²) in [5.74, 6) is 2.81. The van der Waals surface area contributed by atoms with E-state index in [1.807, 2.05) is 11.8 Å². The molecule has 2 aliphatic heterocycles. The van der Waals surface area contributed by atoms with Crippen molar-refractivity contribution in [3.63, 3.8) is 0 Å². The largest absolute Gasteiger partial charge is 0.356 e. The van der Waals surface area contributed by atoms with Crippen molar-refractivity contribution < 1.29 is 4.79 Å². The Bertz CT molecular complexity index is 940. The zero-order valence-corrected chi connectivity index (χ0v) is 18.7. The molecule has 2 fully saturated rings. The number of carbonyl (C=O) groups is 1. The Morgan fingerprint density at radius 1 is 1.13 bits per heavy atom. The van der Waals surface area contributed by atoms with Crippen LogP contribution < -0.4 is 4.90 Å². The van der Waals surface area contributed by atoms with Gasteiger partial charge in [0.05, 0.1) is 11.7 Å². The van der Waals surface area contributed by atoms with E-state index in [2.05, 4.69) is 21.4 Å². The van der Waals surface area contributed by atoms with Crippen molar-refractivity contribution in [2.75, 3.05) is 24.5 Å². The first-order valence-electron chi connectivity index (χ1n) is 11.4. The van der Waals surface area contributed by atoms with Gasteiger partial charge >= 0.3 is 0 Å². The van der Waals surface area contributed by atoms with Gasteiger partial charge in [-0.05, 0) is 75.7 Å². The molecule has 0 bridgehead atoms. The average molecular weight is 427 g/mol. The molecule has 1 amide bonds. The Morgan fingerprint density at radius 2 is 2.00 bits per heavy atom. The molecule has 2 aromatic heterocycles. The van der Waals surface area contributed by atoms with Crippen LogP contribution >= 0.6 is 11.5 Å². The van der Waals surface area contributed by atoms with Crippen LogP contribution in [-0.4, -0.2) is 50.0 Å². The maximum absolute atomic E-state index is 13.4. The fourth-order valence-electron chi connectivity index (χ4n) is 4.82. The number of aromatic nitrogens is 4. The van der Waals surface area contributed by atoms with Gasteiger partial charge in [-0.25, -0.2) is 9.97 Å². The zero-order chi connectivity index (χ0) is 20.7. The Morgan fingerprint density at radius 3 is 2.80 bits per heavy atom. The topological polar surface area (TPSA) is 75.1 Å². The van der Waals surface area contributed by atoms with Gasteiger partial charge in [0.1, 0.15) is 10.7 Å². The van der Waals surface area contributed by atoms with Crippen LogP contribution in [0.5, 0.6) is 0 Å². The summed E-state index contributed by atoms with van der Waals surface area (Å²) in [5, 5.41) is 4.15. The lowest BCUT2D eigenvalue weighted by molar-refractivity contribution is 0.0603. The predicted molar refractivity (Wildman–Crippen MR) is 117 cm³/mol. The highest BCUT2D eigenvalue weighted by atomic mass is 32.1. The number of nitrogens with zero attached hydrogens (tertiary/aromatic N) is 6. The van der Waals surface area contributed by atoms with Crippen LogP contribution in [0.2, 0.25) is 0 Å². The lowest BCUT2D eigenvalue weighted by atomic mass is 9.99. The molecule has 7 nitrogen and oxygen atoms in total. The van der Waals surface area contributed by atoms with Crippen molar-refractivity contribution in [1.82, 2.24) is 24.5 Å².